The number of ether oxygens (including phenoxy) is 1. The molecule has 0 bridgehead atoms. The van der Waals surface area contributed by atoms with Gasteiger partial charge in [-0.2, -0.15) is 0 Å². The molecule has 1 aromatic carbocycles. The molecule has 6 heteroatoms. The van der Waals surface area contributed by atoms with Crippen molar-refractivity contribution < 1.29 is 18.7 Å². The van der Waals surface area contributed by atoms with Crippen molar-refractivity contribution in [2.24, 2.45) is 0 Å². The fourth-order valence-electron chi connectivity index (χ4n) is 1.28. The van der Waals surface area contributed by atoms with Crippen LogP contribution >= 0.6 is 15.9 Å². The third kappa shape index (κ3) is 4.83. The number of hydrogen-bond donors (Lipinski definition) is 1. The minimum Gasteiger partial charge on any atom is -0.466 e. The molecule has 1 amide bonds. The monoisotopic (exact) mass is 317 g/mol. The summed E-state index contributed by atoms with van der Waals surface area (Å²) in [6, 6.07) is 4.44. The molecule has 0 saturated heterocycles. The Morgan fingerprint density at radius 2 is 2.17 bits per heavy atom. The molecule has 98 valence electrons. The maximum absolute atomic E-state index is 13.3. The lowest BCUT2D eigenvalue weighted by Gasteiger charge is -2.06. The topological polar surface area (TPSA) is 55.4 Å². The van der Waals surface area contributed by atoms with Crippen LogP contribution in [0.3, 0.4) is 0 Å². The number of halogens is 2. The Morgan fingerprint density at radius 3 is 2.83 bits per heavy atom. The highest BCUT2D eigenvalue weighted by atomic mass is 79.9. The summed E-state index contributed by atoms with van der Waals surface area (Å²) in [5.74, 6) is -1.49. The summed E-state index contributed by atoms with van der Waals surface area (Å²) < 4.78 is 18.7. The first-order valence-electron chi connectivity index (χ1n) is 5.39. The lowest BCUT2D eigenvalue weighted by Crippen LogP contribution is -2.26. The molecule has 4 nitrogen and oxygen atoms in total. The van der Waals surface area contributed by atoms with Crippen molar-refractivity contribution >= 4 is 27.8 Å². The molecule has 1 N–H and O–H groups in total. The number of rotatable bonds is 5. The van der Waals surface area contributed by atoms with E-state index in [4.69, 9.17) is 0 Å². The van der Waals surface area contributed by atoms with Crippen molar-refractivity contribution in [2.75, 3.05) is 6.61 Å². The van der Waals surface area contributed by atoms with E-state index in [0.29, 0.717) is 5.56 Å². The Hall–Kier alpha value is -1.43. The Labute approximate surface area is 113 Å². The molecule has 0 saturated carbocycles. The van der Waals surface area contributed by atoms with Crippen LogP contribution in [0, 0.1) is 5.82 Å². The van der Waals surface area contributed by atoms with Gasteiger partial charge < -0.3 is 10.1 Å². The van der Waals surface area contributed by atoms with Gasteiger partial charge in [-0.1, -0.05) is 15.9 Å². The molecule has 0 aliphatic rings. The zero-order valence-electron chi connectivity index (χ0n) is 9.83. The van der Waals surface area contributed by atoms with E-state index < -0.39 is 17.7 Å². The number of hydrogen-bond acceptors (Lipinski definition) is 3. The van der Waals surface area contributed by atoms with Gasteiger partial charge in [-0.05, 0) is 25.1 Å². The first-order valence-corrected chi connectivity index (χ1v) is 6.18. The van der Waals surface area contributed by atoms with Crippen molar-refractivity contribution in [3.05, 3.63) is 34.1 Å². The van der Waals surface area contributed by atoms with E-state index in [-0.39, 0.29) is 19.6 Å². The van der Waals surface area contributed by atoms with E-state index >= 15 is 0 Å². The van der Waals surface area contributed by atoms with Crippen LogP contribution in [0.1, 0.15) is 18.9 Å². The van der Waals surface area contributed by atoms with Crippen molar-refractivity contribution in [2.45, 2.75) is 19.9 Å². The standard InChI is InChI=1S/C12H13BrFNO3/c1-2-18-12(17)6-11(16)15-7-8-5-9(13)3-4-10(8)14/h3-5H,2,6-7H2,1H3,(H,15,16). The molecule has 0 radical (unpaired) electrons. The molecule has 0 aromatic heterocycles. The fourth-order valence-corrected chi connectivity index (χ4v) is 1.69. The number of amides is 1. The molecular weight excluding hydrogens is 305 g/mol. The van der Waals surface area contributed by atoms with Gasteiger partial charge in [0.25, 0.3) is 0 Å². The minimum atomic E-state index is -0.593. The summed E-state index contributed by atoms with van der Waals surface area (Å²) in [5.41, 5.74) is 0.349. The Bertz CT molecular complexity index is 451. The van der Waals surface area contributed by atoms with Crippen LogP contribution in [-0.2, 0) is 20.9 Å². The van der Waals surface area contributed by atoms with Gasteiger partial charge in [-0.3, -0.25) is 9.59 Å². The maximum atomic E-state index is 13.3. The third-order valence-corrected chi connectivity index (χ3v) is 2.59. The maximum Gasteiger partial charge on any atom is 0.315 e. The van der Waals surface area contributed by atoms with Crippen LogP contribution in [-0.4, -0.2) is 18.5 Å². The summed E-state index contributed by atoms with van der Waals surface area (Å²) in [6.07, 6.45) is -0.358. The highest BCUT2D eigenvalue weighted by Crippen LogP contribution is 2.15. The average molecular weight is 318 g/mol. The minimum absolute atomic E-state index is 0.0313. The second-order valence-corrected chi connectivity index (χ2v) is 4.41. The molecule has 0 unspecified atom stereocenters. The molecule has 0 aliphatic carbocycles. The summed E-state index contributed by atoms with van der Waals surface area (Å²) >= 11 is 3.21. The molecule has 0 fully saturated rings. The summed E-state index contributed by atoms with van der Waals surface area (Å²) in [4.78, 5) is 22.4. The second-order valence-electron chi connectivity index (χ2n) is 3.49. The zero-order chi connectivity index (χ0) is 13.5. The van der Waals surface area contributed by atoms with E-state index in [9.17, 15) is 14.0 Å². The van der Waals surface area contributed by atoms with Gasteiger partial charge in [0, 0.05) is 16.6 Å². The van der Waals surface area contributed by atoms with Crippen LogP contribution < -0.4 is 5.32 Å². The van der Waals surface area contributed by atoms with Gasteiger partial charge in [-0.15, -0.1) is 0 Å². The van der Waals surface area contributed by atoms with Gasteiger partial charge in [0.15, 0.2) is 0 Å². The van der Waals surface area contributed by atoms with E-state index in [1.165, 1.54) is 6.07 Å². The van der Waals surface area contributed by atoms with Gasteiger partial charge in [0.1, 0.15) is 12.2 Å². The Kier molecular flexibility index (Phi) is 5.77. The van der Waals surface area contributed by atoms with Gasteiger partial charge in [0.05, 0.1) is 6.61 Å². The van der Waals surface area contributed by atoms with Crippen LogP contribution in [0.25, 0.3) is 0 Å². The van der Waals surface area contributed by atoms with Crippen molar-refractivity contribution in [1.82, 2.24) is 5.32 Å². The molecule has 18 heavy (non-hydrogen) atoms. The lowest BCUT2D eigenvalue weighted by atomic mass is 10.2. The number of benzene rings is 1. The van der Waals surface area contributed by atoms with E-state index in [1.807, 2.05) is 0 Å². The van der Waals surface area contributed by atoms with Gasteiger partial charge in [-0.25, -0.2) is 4.39 Å². The average Bonchev–Trinajstić information content (AvgIpc) is 2.30. The quantitative estimate of drug-likeness (QED) is 0.669. The first kappa shape index (κ1) is 14.6. The summed E-state index contributed by atoms with van der Waals surface area (Å²) in [7, 11) is 0. The number of carbonyl (C=O) groups excluding carboxylic acids is 2. The van der Waals surface area contributed by atoms with Crippen LogP contribution in [0.5, 0.6) is 0 Å². The van der Waals surface area contributed by atoms with Crippen LogP contribution in [0.2, 0.25) is 0 Å². The van der Waals surface area contributed by atoms with E-state index in [2.05, 4.69) is 26.0 Å². The SMILES string of the molecule is CCOC(=O)CC(=O)NCc1cc(Br)ccc1F. The molecular formula is C12H13BrFNO3. The highest BCUT2D eigenvalue weighted by molar-refractivity contribution is 9.10. The molecule has 0 heterocycles. The Balaban J connectivity index is 2.47. The third-order valence-electron chi connectivity index (χ3n) is 2.09. The molecule has 1 rings (SSSR count). The van der Waals surface area contributed by atoms with Crippen molar-refractivity contribution in [3.63, 3.8) is 0 Å². The highest BCUT2D eigenvalue weighted by Gasteiger charge is 2.10. The number of nitrogens with one attached hydrogen (secondary N) is 1. The largest absolute Gasteiger partial charge is 0.466 e. The normalized spacial score (nSPS) is 9.94. The van der Waals surface area contributed by atoms with Crippen LogP contribution in [0.4, 0.5) is 4.39 Å². The predicted octanol–water partition coefficient (Wildman–Crippen LogP) is 2.16. The lowest BCUT2D eigenvalue weighted by molar-refractivity contribution is -0.146. The van der Waals surface area contributed by atoms with Crippen LogP contribution in [0.15, 0.2) is 22.7 Å². The van der Waals surface area contributed by atoms with Crippen molar-refractivity contribution in [3.8, 4) is 0 Å². The molecule has 1 aromatic rings. The fraction of sp³-hybridized carbons (Fsp3) is 0.333. The zero-order valence-corrected chi connectivity index (χ0v) is 11.4. The number of carbonyl (C=O) groups is 2. The summed E-state index contributed by atoms with van der Waals surface area (Å²) in [6.45, 7) is 1.92. The van der Waals surface area contributed by atoms with Crippen molar-refractivity contribution in [1.29, 1.82) is 0 Å². The van der Waals surface area contributed by atoms with Gasteiger partial charge in [0.2, 0.25) is 5.91 Å². The van der Waals surface area contributed by atoms with E-state index in [1.54, 1.807) is 19.1 Å². The summed E-state index contributed by atoms with van der Waals surface area (Å²) in [5, 5.41) is 2.46. The number of esters is 1. The second kappa shape index (κ2) is 7.10. The predicted molar refractivity (Wildman–Crippen MR) is 67.2 cm³/mol. The molecule has 0 spiro atoms. The Morgan fingerprint density at radius 1 is 1.44 bits per heavy atom. The smallest absolute Gasteiger partial charge is 0.315 e. The van der Waals surface area contributed by atoms with E-state index in [0.717, 1.165) is 4.47 Å². The first-order chi connectivity index (χ1) is 8.52. The molecule has 0 aliphatic heterocycles. The van der Waals surface area contributed by atoms with Gasteiger partial charge >= 0.3 is 5.97 Å². The molecule has 0 atom stereocenters.